The molecule has 1 saturated heterocycles. The number of carbonyl (C=O) groups excluding carboxylic acids is 2. The summed E-state index contributed by atoms with van der Waals surface area (Å²) in [5.74, 6) is -0.586. The second-order valence-electron chi connectivity index (χ2n) is 6.80. The standard InChI is InChI=1S/C23H19NO3/c1-16(15-17-9-3-2-4-10-17)22(25)24-20(18-11-5-6-12-18)21(27-23(24)26)19-13-7-8-14-19/h2-11,13,16,20-21H,15H2,1H3/t16?,20-,21+/m0/s1. The van der Waals surface area contributed by atoms with E-state index in [1.165, 1.54) is 4.90 Å². The van der Waals surface area contributed by atoms with E-state index in [0.29, 0.717) is 6.42 Å². The summed E-state index contributed by atoms with van der Waals surface area (Å²) >= 11 is 0. The first-order valence-electron chi connectivity index (χ1n) is 8.99. The Morgan fingerprint density at radius 2 is 1.78 bits per heavy atom. The molecule has 4 rings (SSSR count). The Balaban J connectivity index is 1.63. The van der Waals surface area contributed by atoms with Gasteiger partial charge in [-0.25, -0.2) is 9.69 Å². The largest absolute Gasteiger partial charge is 0.438 e. The Morgan fingerprint density at radius 3 is 2.41 bits per heavy atom. The van der Waals surface area contributed by atoms with E-state index in [9.17, 15) is 9.59 Å². The van der Waals surface area contributed by atoms with Crippen LogP contribution in [0.1, 0.15) is 12.5 Å². The molecular formula is C23H19NO3. The fourth-order valence-electron chi connectivity index (χ4n) is 3.58. The minimum absolute atomic E-state index is 0.238. The van der Waals surface area contributed by atoms with E-state index in [2.05, 4.69) is 11.5 Å². The number of hydrogen-bond acceptors (Lipinski definition) is 3. The molecule has 2 amide bonds. The molecule has 1 fully saturated rings. The van der Waals surface area contributed by atoms with Gasteiger partial charge in [0, 0.05) is 17.1 Å². The first kappa shape index (κ1) is 17.1. The van der Waals surface area contributed by atoms with Crippen molar-refractivity contribution in [3.8, 4) is 0 Å². The Kier molecular flexibility index (Phi) is 4.52. The molecule has 0 spiro atoms. The predicted octanol–water partition coefficient (Wildman–Crippen LogP) is 3.88. The van der Waals surface area contributed by atoms with Crippen molar-refractivity contribution in [2.24, 2.45) is 5.92 Å². The molecule has 1 aliphatic heterocycles. The molecule has 134 valence electrons. The molecule has 0 radical (unpaired) electrons. The van der Waals surface area contributed by atoms with E-state index in [0.717, 1.165) is 16.7 Å². The van der Waals surface area contributed by atoms with Gasteiger partial charge in [-0.05, 0) is 36.3 Å². The quantitative estimate of drug-likeness (QED) is 0.751. The van der Waals surface area contributed by atoms with Crippen LogP contribution < -0.4 is 0 Å². The monoisotopic (exact) mass is 357 g/mol. The van der Waals surface area contributed by atoms with Gasteiger partial charge in [0.2, 0.25) is 5.91 Å². The molecule has 1 aromatic rings. The van der Waals surface area contributed by atoms with Crippen LogP contribution in [0.15, 0.2) is 89.4 Å². The minimum Gasteiger partial charge on any atom is -0.438 e. The first-order valence-corrected chi connectivity index (χ1v) is 8.99. The summed E-state index contributed by atoms with van der Waals surface area (Å²) in [7, 11) is 0. The molecule has 0 aromatic heterocycles. The summed E-state index contributed by atoms with van der Waals surface area (Å²) in [5.41, 5.74) is 8.80. The van der Waals surface area contributed by atoms with E-state index in [1.54, 1.807) is 12.2 Å². The Morgan fingerprint density at radius 1 is 1.11 bits per heavy atom. The zero-order chi connectivity index (χ0) is 18.8. The van der Waals surface area contributed by atoms with Crippen LogP contribution >= 0.6 is 0 Å². The second kappa shape index (κ2) is 7.13. The van der Waals surface area contributed by atoms with Gasteiger partial charge in [0.05, 0.1) is 0 Å². The molecule has 1 unspecified atom stereocenters. The van der Waals surface area contributed by atoms with Gasteiger partial charge >= 0.3 is 6.09 Å². The van der Waals surface area contributed by atoms with Crippen LogP contribution in [0.2, 0.25) is 0 Å². The number of amides is 2. The molecule has 1 heterocycles. The highest BCUT2D eigenvalue weighted by Crippen LogP contribution is 2.33. The zero-order valence-corrected chi connectivity index (χ0v) is 15.0. The molecule has 27 heavy (non-hydrogen) atoms. The van der Waals surface area contributed by atoms with Crippen molar-refractivity contribution in [1.82, 2.24) is 4.90 Å². The van der Waals surface area contributed by atoms with Gasteiger partial charge in [-0.3, -0.25) is 4.79 Å². The highest BCUT2D eigenvalue weighted by Gasteiger charge is 2.49. The SMILES string of the molecule is CC(Cc1ccccc1)C(=O)N1C(=O)O[C@H](C2=C=CC=C2)[C@@H]1C1=C=CC=C1. The van der Waals surface area contributed by atoms with Crippen LogP contribution in [-0.4, -0.2) is 29.0 Å². The maximum Gasteiger partial charge on any atom is 0.418 e. The highest BCUT2D eigenvalue weighted by atomic mass is 16.6. The number of imide groups is 1. The molecule has 3 atom stereocenters. The van der Waals surface area contributed by atoms with Gasteiger partial charge in [-0.2, -0.15) is 0 Å². The van der Waals surface area contributed by atoms with Gasteiger partial charge in [-0.15, -0.1) is 11.5 Å². The van der Waals surface area contributed by atoms with E-state index in [4.69, 9.17) is 4.74 Å². The average Bonchev–Trinajstić information content (AvgIpc) is 3.42. The van der Waals surface area contributed by atoms with Gasteiger partial charge in [0.25, 0.3) is 0 Å². The van der Waals surface area contributed by atoms with Crippen molar-refractivity contribution in [1.29, 1.82) is 0 Å². The third kappa shape index (κ3) is 3.24. The number of rotatable bonds is 5. The number of allylic oxidation sites excluding steroid dienone is 2. The molecule has 4 heteroatoms. The van der Waals surface area contributed by atoms with Gasteiger partial charge in [0.1, 0.15) is 6.04 Å². The smallest absolute Gasteiger partial charge is 0.418 e. The lowest BCUT2D eigenvalue weighted by atomic mass is 9.94. The predicted molar refractivity (Wildman–Crippen MR) is 102 cm³/mol. The highest BCUT2D eigenvalue weighted by molar-refractivity contribution is 5.96. The summed E-state index contributed by atoms with van der Waals surface area (Å²) < 4.78 is 5.59. The summed E-state index contributed by atoms with van der Waals surface area (Å²) in [6.07, 6.45) is 10.3. The molecule has 4 nitrogen and oxygen atoms in total. The molecule has 0 bridgehead atoms. The number of nitrogens with zero attached hydrogens (tertiary/aromatic N) is 1. The second-order valence-corrected chi connectivity index (χ2v) is 6.80. The molecule has 0 saturated carbocycles. The van der Waals surface area contributed by atoms with E-state index < -0.39 is 18.2 Å². The third-order valence-electron chi connectivity index (χ3n) is 4.90. The zero-order valence-electron chi connectivity index (χ0n) is 15.0. The van der Waals surface area contributed by atoms with Crippen LogP contribution in [-0.2, 0) is 16.0 Å². The van der Waals surface area contributed by atoms with Crippen molar-refractivity contribution in [2.45, 2.75) is 25.5 Å². The van der Waals surface area contributed by atoms with E-state index in [1.807, 2.05) is 61.6 Å². The van der Waals surface area contributed by atoms with Gasteiger partial charge in [-0.1, -0.05) is 49.4 Å². The van der Waals surface area contributed by atoms with Gasteiger partial charge in [0.15, 0.2) is 6.10 Å². The maximum atomic E-state index is 13.2. The normalized spacial score (nSPS) is 23.6. The van der Waals surface area contributed by atoms with E-state index >= 15 is 0 Å². The summed E-state index contributed by atoms with van der Waals surface area (Å²) in [6.45, 7) is 1.84. The van der Waals surface area contributed by atoms with Gasteiger partial charge < -0.3 is 4.74 Å². The van der Waals surface area contributed by atoms with Crippen molar-refractivity contribution < 1.29 is 14.3 Å². The first-order chi connectivity index (χ1) is 13.1. The number of benzene rings is 1. The number of cyclic esters (lactones) is 1. The Labute approximate surface area is 158 Å². The van der Waals surface area contributed by atoms with Crippen molar-refractivity contribution >= 4 is 12.0 Å². The van der Waals surface area contributed by atoms with E-state index in [-0.39, 0.29) is 11.8 Å². The van der Waals surface area contributed by atoms with Crippen LogP contribution in [0.25, 0.3) is 0 Å². The van der Waals surface area contributed by atoms with Crippen molar-refractivity contribution in [2.75, 3.05) is 0 Å². The summed E-state index contributed by atoms with van der Waals surface area (Å²) in [5, 5.41) is 0. The van der Waals surface area contributed by atoms with Crippen molar-refractivity contribution in [3.05, 3.63) is 95.0 Å². The van der Waals surface area contributed by atoms with Crippen LogP contribution in [0.4, 0.5) is 4.79 Å². The maximum absolute atomic E-state index is 13.2. The Hall–Kier alpha value is -3.32. The minimum atomic E-state index is -0.612. The third-order valence-corrected chi connectivity index (χ3v) is 4.90. The molecule has 1 aromatic carbocycles. The van der Waals surface area contributed by atoms with Crippen LogP contribution in [0, 0.1) is 5.92 Å². The van der Waals surface area contributed by atoms with Crippen LogP contribution in [0.3, 0.4) is 0 Å². The fraction of sp³-hybridized carbons (Fsp3) is 0.217. The number of ether oxygens (including phenoxy) is 1. The number of hydrogen-bond donors (Lipinski definition) is 0. The summed E-state index contributed by atoms with van der Waals surface area (Å²) in [6, 6.07) is 9.26. The fourth-order valence-corrected chi connectivity index (χ4v) is 3.58. The lowest BCUT2D eigenvalue weighted by molar-refractivity contribution is -0.132. The van der Waals surface area contributed by atoms with Crippen molar-refractivity contribution in [3.63, 3.8) is 0 Å². The molecule has 3 aliphatic rings. The topological polar surface area (TPSA) is 46.6 Å². The van der Waals surface area contributed by atoms with Crippen LogP contribution in [0.5, 0.6) is 0 Å². The average molecular weight is 357 g/mol. The molecule has 2 aliphatic carbocycles. The molecule has 0 N–H and O–H groups in total. The Bertz CT molecular complexity index is 970. The summed E-state index contributed by atoms with van der Waals surface area (Å²) in [4.78, 5) is 27.1. The lowest BCUT2D eigenvalue weighted by Crippen LogP contribution is -2.45. The molecular weight excluding hydrogens is 338 g/mol. The lowest BCUT2D eigenvalue weighted by Gasteiger charge is -2.25. The number of carbonyl (C=O) groups is 2.